The molecule has 0 saturated carbocycles. The summed E-state index contributed by atoms with van der Waals surface area (Å²) in [5.41, 5.74) is 0.308. The zero-order valence-electron chi connectivity index (χ0n) is 19.3. The summed E-state index contributed by atoms with van der Waals surface area (Å²) < 4.78 is 49.1. The molecule has 0 aliphatic rings. The molecule has 2 amide bonds. The average molecular weight is 467 g/mol. The first kappa shape index (κ1) is 25.5. The highest BCUT2D eigenvalue weighted by molar-refractivity contribution is 7.87. The largest absolute Gasteiger partial charge is 0.494 e. The number of carbonyl (C=O) groups excluding carboxylic acids is 1. The minimum atomic E-state index is -4.25. The second kappa shape index (κ2) is 10.2. The maximum absolute atomic E-state index is 13.9. The quantitative estimate of drug-likeness (QED) is 0.576. The van der Waals surface area contributed by atoms with Gasteiger partial charge in [-0.15, -0.1) is 0 Å². The lowest BCUT2D eigenvalue weighted by atomic mass is 10.1. The molecule has 32 heavy (non-hydrogen) atoms. The van der Waals surface area contributed by atoms with Gasteiger partial charge in [-0.3, -0.25) is 0 Å². The van der Waals surface area contributed by atoms with Crippen molar-refractivity contribution in [1.82, 2.24) is 10.2 Å². The van der Waals surface area contributed by atoms with E-state index in [-0.39, 0.29) is 40.4 Å². The van der Waals surface area contributed by atoms with Crippen LogP contribution in [0.3, 0.4) is 0 Å². The summed E-state index contributed by atoms with van der Waals surface area (Å²) in [5, 5.41) is 2.95. The van der Waals surface area contributed by atoms with Crippen molar-refractivity contribution in [2.24, 2.45) is 5.92 Å². The predicted molar refractivity (Wildman–Crippen MR) is 121 cm³/mol. The molecular formula is C23H31FN2O5S. The van der Waals surface area contributed by atoms with Crippen molar-refractivity contribution in [3.05, 3.63) is 53.8 Å². The van der Waals surface area contributed by atoms with Gasteiger partial charge < -0.3 is 19.1 Å². The highest BCUT2D eigenvalue weighted by atomic mass is 32.2. The van der Waals surface area contributed by atoms with E-state index in [1.807, 2.05) is 34.6 Å². The summed E-state index contributed by atoms with van der Waals surface area (Å²) in [4.78, 5) is 14.1. The summed E-state index contributed by atoms with van der Waals surface area (Å²) in [6.45, 7) is 10.5. The highest BCUT2D eigenvalue weighted by Gasteiger charge is 2.22. The Balaban J connectivity index is 2.22. The van der Waals surface area contributed by atoms with Crippen LogP contribution in [-0.4, -0.2) is 38.5 Å². The van der Waals surface area contributed by atoms with E-state index in [9.17, 15) is 17.6 Å². The van der Waals surface area contributed by atoms with Crippen LogP contribution in [0, 0.1) is 11.7 Å². The second-order valence-electron chi connectivity index (χ2n) is 8.94. The van der Waals surface area contributed by atoms with Crippen LogP contribution in [0.5, 0.6) is 11.5 Å². The van der Waals surface area contributed by atoms with Gasteiger partial charge in [0, 0.05) is 18.6 Å². The van der Waals surface area contributed by atoms with Gasteiger partial charge in [0.1, 0.15) is 10.6 Å². The zero-order chi connectivity index (χ0) is 24.1. The van der Waals surface area contributed by atoms with Gasteiger partial charge in [-0.25, -0.2) is 9.18 Å². The Morgan fingerprint density at radius 1 is 1.16 bits per heavy atom. The lowest BCUT2D eigenvalue weighted by molar-refractivity contribution is 0.179. The molecule has 0 spiro atoms. The molecule has 0 heterocycles. The first-order valence-electron chi connectivity index (χ1n) is 10.2. The smallest absolute Gasteiger partial charge is 0.339 e. The van der Waals surface area contributed by atoms with Crippen molar-refractivity contribution in [3.63, 3.8) is 0 Å². The van der Waals surface area contributed by atoms with Crippen molar-refractivity contribution in [3.8, 4) is 11.5 Å². The Morgan fingerprint density at radius 2 is 1.84 bits per heavy atom. The standard InChI is InChI=1S/C23H31FN2O5S/c1-16(2)14-26(22(27)25-23(3,4)5)15-17-8-7-9-18(12-17)31-32(28,29)19-10-11-21(30-6)20(24)13-19/h7-13,16H,14-15H2,1-6H3,(H,25,27). The third-order valence-electron chi connectivity index (χ3n) is 4.24. The molecule has 7 nitrogen and oxygen atoms in total. The number of benzene rings is 2. The lowest BCUT2D eigenvalue weighted by Crippen LogP contribution is -2.49. The first-order chi connectivity index (χ1) is 14.8. The van der Waals surface area contributed by atoms with Gasteiger partial charge in [0.25, 0.3) is 0 Å². The molecule has 2 aromatic rings. The van der Waals surface area contributed by atoms with Gasteiger partial charge in [-0.05, 0) is 62.6 Å². The molecule has 0 radical (unpaired) electrons. The summed E-state index contributed by atoms with van der Waals surface area (Å²) in [5.74, 6) is -0.560. The summed E-state index contributed by atoms with van der Waals surface area (Å²) in [6, 6.07) is 9.53. The number of nitrogens with one attached hydrogen (secondary N) is 1. The van der Waals surface area contributed by atoms with E-state index in [4.69, 9.17) is 8.92 Å². The van der Waals surface area contributed by atoms with E-state index in [1.54, 1.807) is 23.1 Å². The Morgan fingerprint density at radius 3 is 2.41 bits per heavy atom. The van der Waals surface area contributed by atoms with Crippen LogP contribution in [0.2, 0.25) is 0 Å². The van der Waals surface area contributed by atoms with Crippen LogP contribution >= 0.6 is 0 Å². The zero-order valence-corrected chi connectivity index (χ0v) is 20.1. The molecule has 9 heteroatoms. The Kier molecular flexibility index (Phi) is 8.12. The second-order valence-corrected chi connectivity index (χ2v) is 10.5. The number of hydrogen-bond acceptors (Lipinski definition) is 5. The number of halogens is 1. The van der Waals surface area contributed by atoms with E-state index < -0.39 is 15.9 Å². The third kappa shape index (κ3) is 7.40. The fourth-order valence-corrected chi connectivity index (χ4v) is 3.89. The summed E-state index contributed by atoms with van der Waals surface area (Å²) >= 11 is 0. The van der Waals surface area contributed by atoms with Crippen molar-refractivity contribution >= 4 is 16.1 Å². The van der Waals surface area contributed by atoms with Crippen molar-refractivity contribution in [2.75, 3.05) is 13.7 Å². The van der Waals surface area contributed by atoms with Crippen LogP contribution in [0.1, 0.15) is 40.2 Å². The number of hydrogen-bond donors (Lipinski definition) is 1. The first-order valence-corrected chi connectivity index (χ1v) is 11.7. The van der Waals surface area contributed by atoms with E-state index >= 15 is 0 Å². The molecule has 2 rings (SSSR count). The minimum absolute atomic E-state index is 0.0651. The highest BCUT2D eigenvalue weighted by Crippen LogP contribution is 2.24. The van der Waals surface area contributed by atoms with E-state index in [2.05, 4.69) is 5.32 Å². The van der Waals surface area contributed by atoms with Crippen molar-refractivity contribution < 1.29 is 26.5 Å². The van der Waals surface area contributed by atoms with Gasteiger partial charge in [-0.1, -0.05) is 26.0 Å². The van der Waals surface area contributed by atoms with Gasteiger partial charge in [-0.2, -0.15) is 8.42 Å². The van der Waals surface area contributed by atoms with Crippen molar-refractivity contribution in [1.29, 1.82) is 0 Å². The Bertz CT molecular complexity index is 1050. The average Bonchev–Trinajstić information content (AvgIpc) is 2.65. The van der Waals surface area contributed by atoms with E-state index in [0.29, 0.717) is 12.1 Å². The maximum Gasteiger partial charge on any atom is 0.339 e. The van der Waals surface area contributed by atoms with Gasteiger partial charge in [0.05, 0.1) is 7.11 Å². The molecule has 0 fully saturated rings. The number of nitrogens with zero attached hydrogens (tertiary/aromatic N) is 1. The number of carbonyl (C=O) groups is 1. The molecule has 0 atom stereocenters. The van der Waals surface area contributed by atoms with Crippen LogP contribution in [0.15, 0.2) is 47.4 Å². The summed E-state index contributed by atoms with van der Waals surface area (Å²) in [7, 11) is -2.96. The Hall–Kier alpha value is -2.81. The molecule has 0 aromatic heterocycles. The number of methoxy groups -OCH3 is 1. The number of urea groups is 1. The number of rotatable bonds is 8. The van der Waals surface area contributed by atoms with Crippen LogP contribution in [0.25, 0.3) is 0 Å². The van der Waals surface area contributed by atoms with Gasteiger partial charge in [0.15, 0.2) is 11.6 Å². The summed E-state index contributed by atoms with van der Waals surface area (Å²) in [6.07, 6.45) is 0. The fraction of sp³-hybridized carbons (Fsp3) is 0.435. The molecule has 0 aliphatic carbocycles. The monoisotopic (exact) mass is 466 g/mol. The third-order valence-corrected chi connectivity index (χ3v) is 5.49. The van der Waals surface area contributed by atoms with E-state index in [1.165, 1.54) is 25.3 Å². The molecule has 1 N–H and O–H groups in total. The Labute approximate surface area is 189 Å². The number of ether oxygens (including phenoxy) is 1. The number of amides is 2. The van der Waals surface area contributed by atoms with Crippen LogP contribution < -0.4 is 14.2 Å². The normalized spacial score (nSPS) is 11.9. The maximum atomic E-state index is 13.9. The molecule has 0 aliphatic heterocycles. The molecular weight excluding hydrogens is 435 g/mol. The molecule has 2 aromatic carbocycles. The molecule has 0 saturated heterocycles. The van der Waals surface area contributed by atoms with Crippen LogP contribution in [0.4, 0.5) is 9.18 Å². The van der Waals surface area contributed by atoms with E-state index in [0.717, 1.165) is 6.07 Å². The topological polar surface area (TPSA) is 84.9 Å². The van der Waals surface area contributed by atoms with Crippen molar-refractivity contribution in [2.45, 2.75) is 51.6 Å². The predicted octanol–water partition coefficient (Wildman–Crippen LogP) is 4.57. The molecule has 0 unspecified atom stereocenters. The van der Waals surface area contributed by atoms with Crippen LogP contribution in [-0.2, 0) is 16.7 Å². The molecule has 0 bridgehead atoms. The fourth-order valence-electron chi connectivity index (χ4n) is 2.95. The SMILES string of the molecule is COc1ccc(S(=O)(=O)Oc2cccc(CN(CC(C)C)C(=O)NC(C)(C)C)c2)cc1F. The van der Waals surface area contributed by atoms with Gasteiger partial charge >= 0.3 is 16.1 Å². The lowest BCUT2D eigenvalue weighted by Gasteiger charge is -2.29. The minimum Gasteiger partial charge on any atom is -0.494 e. The molecule has 176 valence electrons. The van der Waals surface area contributed by atoms with Gasteiger partial charge in [0.2, 0.25) is 0 Å².